The molecule has 0 radical (unpaired) electrons. The number of ether oxygens (including phenoxy) is 1. The number of benzene rings is 1. The van der Waals surface area contributed by atoms with Gasteiger partial charge in [-0.2, -0.15) is 0 Å². The van der Waals surface area contributed by atoms with E-state index in [1.165, 1.54) is 11.3 Å². The van der Waals surface area contributed by atoms with Gasteiger partial charge in [-0.1, -0.05) is 18.2 Å². The number of nitrogens with one attached hydrogen (secondary N) is 1. The van der Waals surface area contributed by atoms with E-state index in [1.54, 1.807) is 13.2 Å². The van der Waals surface area contributed by atoms with Gasteiger partial charge in [0.05, 0.1) is 7.11 Å². The summed E-state index contributed by atoms with van der Waals surface area (Å²) < 4.78 is 7.23. The van der Waals surface area contributed by atoms with Crippen LogP contribution in [0.25, 0.3) is 0 Å². The molecule has 0 spiro atoms. The fourth-order valence-electron chi connectivity index (χ4n) is 4.05. The average molecular weight is 296 g/mol. The Kier molecular flexibility index (Phi) is 3.08. The lowest BCUT2D eigenvalue weighted by Gasteiger charge is -2.47. The molecule has 2 aliphatic heterocycles. The van der Waals surface area contributed by atoms with Crippen LogP contribution in [0.3, 0.4) is 0 Å². The van der Waals surface area contributed by atoms with Crippen LogP contribution in [0.1, 0.15) is 23.6 Å². The van der Waals surface area contributed by atoms with Crippen LogP contribution in [0.2, 0.25) is 0 Å². The van der Waals surface area contributed by atoms with Crippen LogP contribution in [-0.4, -0.2) is 24.8 Å². The van der Waals surface area contributed by atoms with Gasteiger partial charge in [0.1, 0.15) is 5.75 Å². The Bertz CT molecular complexity index is 750. The molecule has 4 rings (SSSR count). The quantitative estimate of drug-likeness (QED) is 0.920. The van der Waals surface area contributed by atoms with E-state index in [-0.39, 0.29) is 11.0 Å². The van der Waals surface area contributed by atoms with Crippen molar-refractivity contribution in [2.45, 2.75) is 24.3 Å². The first-order valence-electron chi connectivity index (χ1n) is 7.77. The lowest BCUT2D eigenvalue weighted by Crippen LogP contribution is -2.54. The third kappa shape index (κ3) is 1.98. The molecule has 114 valence electrons. The molecule has 0 amide bonds. The van der Waals surface area contributed by atoms with Gasteiger partial charge in [0.2, 0.25) is 0 Å². The van der Waals surface area contributed by atoms with Crippen molar-refractivity contribution < 1.29 is 4.74 Å². The molecule has 0 saturated carbocycles. The number of methoxy groups -OCH3 is 1. The number of hydrogen-bond donors (Lipinski definition) is 1. The fraction of sp³-hybridized carbons (Fsp3) is 0.389. The van der Waals surface area contributed by atoms with Gasteiger partial charge in [-0.05, 0) is 30.2 Å². The van der Waals surface area contributed by atoms with Crippen molar-refractivity contribution in [3.63, 3.8) is 0 Å². The molecule has 4 nitrogen and oxygen atoms in total. The number of fused-ring (bicyclic) bond motifs is 4. The Morgan fingerprint density at radius 2 is 2.05 bits per heavy atom. The van der Waals surface area contributed by atoms with E-state index in [0.29, 0.717) is 5.92 Å². The number of aromatic nitrogens is 1. The van der Waals surface area contributed by atoms with E-state index in [4.69, 9.17) is 4.74 Å². The summed E-state index contributed by atoms with van der Waals surface area (Å²) in [5.41, 5.74) is 2.56. The SMILES string of the molecule is COc1ccc([C@@]23CNC[C@@H](C2)c2cccc(=O)n2C3)cc1. The molecule has 2 atom stereocenters. The van der Waals surface area contributed by atoms with Crippen molar-refractivity contribution in [1.82, 2.24) is 9.88 Å². The largest absolute Gasteiger partial charge is 0.497 e. The molecule has 0 unspecified atom stereocenters. The maximum atomic E-state index is 12.3. The molecule has 1 saturated heterocycles. The van der Waals surface area contributed by atoms with Crippen molar-refractivity contribution >= 4 is 0 Å². The monoisotopic (exact) mass is 296 g/mol. The number of nitrogens with zero attached hydrogens (tertiary/aromatic N) is 1. The van der Waals surface area contributed by atoms with Gasteiger partial charge < -0.3 is 14.6 Å². The summed E-state index contributed by atoms with van der Waals surface area (Å²) in [5.74, 6) is 1.27. The molecule has 0 aliphatic carbocycles. The van der Waals surface area contributed by atoms with E-state index in [2.05, 4.69) is 23.5 Å². The minimum Gasteiger partial charge on any atom is -0.497 e. The van der Waals surface area contributed by atoms with Crippen LogP contribution < -0.4 is 15.6 Å². The van der Waals surface area contributed by atoms with Crippen molar-refractivity contribution in [2.24, 2.45) is 0 Å². The highest BCUT2D eigenvalue weighted by molar-refractivity contribution is 5.36. The summed E-state index contributed by atoms with van der Waals surface area (Å²) in [6.07, 6.45) is 1.09. The Morgan fingerprint density at radius 3 is 2.82 bits per heavy atom. The fourth-order valence-corrected chi connectivity index (χ4v) is 4.05. The van der Waals surface area contributed by atoms with Gasteiger partial charge in [0, 0.05) is 42.7 Å². The van der Waals surface area contributed by atoms with E-state index in [1.807, 2.05) is 22.8 Å². The smallest absolute Gasteiger partial charge is 0.250 e. The summed E-state index contributed by atoms with van der Waals surface area (Å²) >= 11 is 0. The molecule has 2 aromatic rings. The molecule has 1 N–H and O–H groups in total. The van der Waals surface area contributed by atoms with E-state index < -0.39 is 0 Å². The molecular formula is C18H20N2O2. The van der Waals surface area contributed by atoms with Gasteiger partial charge in [0.15, 0.2) is 0 Å². The third-order valence-corrected chi connectivity index (χ3v) is 5.16. The predicted molar refractivity (Wildman–Crippen MR) is 85.6 cm³/mol. The Balaban J connectivity index is 1.81. The molecule has 1 aromatic carbocycles. The first-order valence-corrected chi connectivity index (χ1v) is 7.77. The molecule has 2 bridgehead atoms. The predicted octanol–water partition coefficient (Wildman–Crippen LogP) is 1.89. The van der Waals surface area contributed by atoms with Crippen LogP contribution in [0.15, 0.2) is 47.3 Å². The highest BCUT2D eigenvalue weighted by Crippen LogP contribution is 2.42. The molecule has 3 heterocycles. The van der Waals surface area contributed by atoms with Crippen molar-refractivity contribution in [3.8, 4) is 5.75 Å². The zero-order chi connectivity index (χ0) is 15.2. The van der Waals surface area contributed by atoms with E-state index >= 15 is 0 Å². The second kappa shape index (κ2) is 4.99. The lowest BCUT2D eigenvalue weighted by atomic mass is 9.68. The zero-order valence-corrected chi connectivity index (χ0v) is 12.7. The van der Waals surface area contributed by atoms with Gasteiger partial charge in [0.25, 0.3) is 5.56 Å². The van der Waals surface area contributed by atoms with Crippen molar-refractivity contribution in [3.05, 3.63) is 64.1 Å². The van der Waals surface area contributed by atoms with Crippen LogP contribution in [0.4, 0.5) is 0 Å². The summed E-state index contributed by atoms with van der Waals surface area (Å²) in [5, 5.41) is 3.57. The molecule has 1 aromatic heterocycles. The summed E-state index contributed by atoms with van der Waals surface area (Å²) in [4.78, 5) is 12.3. The molecule has 22 heavy (non-hydrogen) atoms. The highest BCUT2D eigenvalue weighted by atomic mass is 16.5. The van der Waals surface area contributed by atoms with E-state index in [9.17, 15) is 4.79 Å². The average Bonchev–Trinajstić information content (AvgIpc) is 2.56. The first kappa shape index (κ1) is 13.6. The molecule has 1 fully saturated rings. The second-order valence-corrected chi connectivity index (χ2v) is 6.42. The van der Waals surface area contributed by atoms with Crippen molar-refractivity contribution in [2.75, 3.05) is 20.2 Å². The Hall–Kier alpha value is -2.07. The molecule has 2 aliphatic rings. The third-order valence-electron chi connectivity index (χ3n) is 5.16. The molecular weight excluding hydrogens is 276 g/mol. The van der Waals surface area contributed by atoms with Gasteiger partial charge in [-0.25, -0.2) is 0 Å². The zero-order valence-electron chi connectivity index (χ0n) is 12.7. The lowest BCUT2D eigenvalue weighted by molar-refractivity contribution is 0.207. The Labute approximate surface area is 129 Å². The maximum absolute atomic E-state index is 12.3. The molecule has 4 heteroatoms. The maximum Gasteiger partial charge on any atom is 0.250 e. The van der Waals surface area contributed by atoms with Crippen molar-refractivity contribution in [1.29, 1.82) is 0 Å². The van der Waals surface area contributed by atoms with Crippen LogP contribution in [0.5, 0.6) is 5.75 Å². The van der Waals surface area contributed by atoms with Gasteiger partial charge in [-0.15, -0.1) is 0 Å². The minimum absolute atomic E-state index is 0.00658. The van der Waals surface area contributed by atoms with Crippen LogP contribution >= 0.6 is 0 Å². The first-order chi connectivity index (χ1) is 10.7. The van der Waals surface area contributed by atoms with Gasteiger partial charge in [-0.3, -0.25) is 4.79 Å². The number of pyridine rings is 1. The second-order valence-electron chi connectivity index (χ2n) is 6.42. The number of hydrogen-bond acceptors (Lipinski definition) is 3. The summed E-state index contributed by atoms with van der Waals surface area (Å²) in [6, 6.07) is 13.9. The Morgan fingerprint density at radius 1 is 1.23 bits per heavy atom. The highest BCUT2D eigenvalue weighted by Gasteiger charge is 2.43. The van der Waals surface area contributed by atoms with Crippen LogP contribution in [-0.2, 0) is 12.0 Å². The summed E-state index contributed by atoms with van der Waals surface area (Å²) in [7, 11) is 1.68. The minimum atomic E-state index is -0.00658. The van der Waals surface area contributed by atoms with Gasteiger partial charge >= 0.3 is 0 Å². The normalized spacial score (nSPS) is 26.3. The topological polar surface area (TPSA) is 43.3 Å². The van der Waals surface area contributed by atoms with E-state index in [0.717, 1.165) is 31.8 Å². The standard InChI is InChI=1S/C18H20N2O2/c1-22-15-7-5-14(6-8-15)18-9-13(10-19-11-18)16-3-2-4-17(21)20(16)12-18/h2-8,13,19H,9-12H2,1H3/t13-,18-/m1/s1. The number of rotatable bonds is 2. The number of piperidine rings is 1. The summed E-state index contributed by atoms with van der Waals surface area (Å²) in [6.45, 7) is 2.61. The van der Waals surface area contributed by atoms with Crippen LogP contribution in [0, 0.1) is 0 Å².